The lowest BCUT2D eigenvalue weighted by molar-refractivity contribution is -0.142. The van der Waals surface area contributed by atoms with E-state index in [0.29, 0.717) is 18.0 Å². The fraction of sp³-hybridized carbons (Fsp3) is 0.120. The van der Waals surface area contributed by atoms with Crippen LogP contribution in [-0.4, -0.2) is 30.0 Å². The molecular weight excluding hydrogens is 406 g/mol. The first-order valence-corrected chi connectivity index (χ1v) is 9.85. The Morgan fingerprint density at radius 2 is 1.75 bits per heavy atom. The van der Waals surface area contributed by atoms with Gasteiger partial charge in [-0.05, 0) is 48.0 Å². The Hall–Kier alpha value is -4.44. The first-order chi connectivity index (χ1) is 15.7. The Balaban J connectivity index is 1.48. The third kappa shape index (κ3) is 6.82. The van der Waals surface area contributed by atoms with Crippen molar-refractivity contribution in [1.29, 1.82) is 5.26 Å². The van der Waals surface area contributed by atoms with Crippen molar-refractivity contribution >= 4 is 23.6 Å². The summed E-state index contributed by atoms with van der Waals surface area (Å²) in [5.74, 6) is -0.452. The van der Waals surface area contributed by atoms with Crippen LogP contribution in [0.15, 0.2) is 85.1 Å². The first kappa shape index (κ1) is 22.2. The highest BCUT2D eigenvalue weighted by Gasteiger charge is 2.16. The largest absolute Gasteiger partial charge is 0.487 e. The minimum atomic E-state index is -0.654. The molecule has 0 bridgehead atoms. The van der Waals surface area contributed by atoms with Gasteiger partial charge in [-0.2, -0.15) is 5.26 Å². The summed E-state index contributed by atoms with van der Waals surface area (Å²) >= 11 is 0. The van der Waals surface area contributed by atoms with Crippen molar-refractivity contribution in [1.82, 2.24) is 4.98 Å². The number of amides is 1. The summed E-state index contributed by atoms with van der Waals surface area (Å²) in [5, 5.41) is 8.97. The zero-order chi connectivity index (χ0) is 22.6. The molecule has 0 aliphatic heterocycles. The number of ether oxygens (including phenoxy) is 2. The number of rotatable bonds is 9. The van der Waals surface area contributed by atoms with Crippen LogP contribution in [-0.2, 0) is 20.9 Å². The topological polar surface area (TPSA) is 92.5 Å². The van der Waals surface area contributed by atoms with Crippen molar-refractivity contribution in [2.75, 3.05) is 18.1 Å². The molecule has 0 spiro atoms. The van der Waals surface area contributed by atoms with Crippen molar-refractivity contribution in [2.24, 2.45) is 0 Å². The first-order valence-electron chi connectivity index (χ1n) is 9.85. The highest BCUT2D eigenvalue weighted by Crippen LogP contribution is 2.15. The number of aromatic nitrogens is 1. The fourth-order valence-corrected chi connectivity index (χ4v) is 2.74. The molecule has 0 unspecified atom stereocenters. The molecule has 0 N–H and O–H groups in total. The second kappa shape index (κ2) is 11.7. The number of nitrogens with zero attached hydrogens (tertiary/aromatic N) is 3. The maximum absolute atomic E-state index is 12.4. The SMILES string of the molecule is N#CCN(C(=O)COC(=O)/C=C/c1ccc(OCc2ccccn2)cc1)c1ccccc1. The van der Waals surface area contributed by atoms with E-state index in [-0.39, 0.29) is 6.54 Å². The van der Waals surface area contributed by atoms with Gasteiger partial charge in [0.2, 0.25) is 0 Å². The van der Waals surface area contributed by atoms with Gasteiger partial charge in [0.1, 0.15) is 18.9 Å². The van der Waals surface area contributed by atoms with Crippen LogP contribution >= 0.6 is 0 Å². The third-order valence-corrected chi connectivity index (χ3v) is 4.34. The van der Waals surface area contributed by atoms with E-state index < -0.39 is 18.5 Å². The lowest BCUT2D eigenvalue weighted by Crippen LogP contribution is -2.34. The average Bonchev–Trinajstić information content (AvgIpc) is 2.85. The second-order valence-electron chi connectivity index (χ2n) is 6.59. The van der Waals surface area contributed by atoms with Crippen LogP contribution in [0.4, 0.5) is 5.69 Å². The molecule has 0 saturated carbocycles. The molecular formula is C25H21N3O4. The molecule has 0 radical (unpaired) electrons. The molecule has 1 amide bonds. The number of anilines is 1. The molecule has 160 valence electrons. The van der Waals surface area contributed by atoms with Gasteiger partial charge in [-0.3, -0.25) is 14.7 Å². The monoisotopic (exact) mass is 427 g/mol. The van der Waals surface area contributed by atoms with Crippen molar-refractivity contribution in [3.8, 4) is 11.8 Å². The van der Waals surface area contributed by atoms with Crippen LogP contribution in [0.25, 0.3) is 6.08 Å². The number of benzene rings is 2. The quantitative estimate of drug-likeness (QED) is 0.293. The molecule has 32 heavy (non-hydrogen) atoms. The van der Waals surface area contributed by atoms with Gasteiger partial charge in [0, 0.05) is 18.0 Å². The fourth-order valence-electron chi connectivity index (χ4n) is 2.74. The van der Waals surface area contributed by atoms with Gasteiger partial charge in [0.15, 0.2) is 6.61 Å². The van der Waals surface area contributed by atoms with Crippen molar-refractivity contribution in [3.63, 3.8) is 0 Å². The summed E-state index contributed by atoms with van der Waals surface area (Å²) in [6.45, 7) is -0.229. The Morgan fingerprint density at radius 1 is 1.00 bits per heavy atom. The highest BCUT2D eigenvalue weighted by atomic mass is 16.5. The molecule has 1 aromatic heterocycles. The standard InChI is InChI=1S/C25H21N3O4/c26-15-17-28(22-7-2-1-3-8-22)24(29)19-32-25(30)14-11-20-9-12-23(13-10-20)31-18-21-6-4-5-16-27-21/h1-14,16H,17-19H2/b14-11+. The molecule has 3 aromatic rings. The zero-order valence-corrected chi connectivity index (χ0v) is 17.3. The molecule has 0 fully saturated rings. The summed E-state index contributed by atoms with van der Waals surface area (Å²) in [5.41, 5.74) is 2.17. The van der Waals surface area contributed by atoms with E-state index in [2.05, 4.69) is 4.98 Å². The Bertz CT molecular complexity index is 1090. The molecule has 7 heteroatoms. The Morgan fingerprint density at radius 3 is 2.44 bits per heavy atom. The molecule has 7 nitrogen and oxygen atoms in total. The summed E-state index contributed by atoms with van der Waals surface area (Å²) in [4.78, 5) is 29.8. The lowest BCUT2D eigenvalue weighted by atomic mass is 10.2. The highest BCUT2D eigenvalue weighted by molar-refractivity contribution is 5.96. The van der Waals surface area contributed by atoms with Gasteiger partial charge < -0.3 is 9.47 Å². The predicted octanol–water partition coefficient (Wildman–Crippen LogP) is 3.77. The molecule has 1 heterocycles. The van der Waals surface area contributed by atoms with E-state index in [9.17, 15) is 9.59 Å². The molecule has 0 atom stereocenters. The number of nitriles is 1. The van der Waals surface area contributed by atoms with Crippen LogP contribution in [0.1, 0.15) is 11.3 Å². The number of carbonyl (C=O) groups is 2. The number of para-hydroxylation sites is 1. The minimum absolute atomic E-state index is 0.134. The number of esters is 1. The van der Waals surface area contributed by atoms with Gasteiger partial charge >= 0.3 is 5.97 Å². The normalized spacial score (nSPS) is 10.3. The van der Waals surface area contributed by atoms with E-state index in [1.807, 2.05) is 30.3 Å². The lowest BCUT2D eigenvalue weighted by Gasteiger charge is -2.19. The van der Waals surface area contributed by atoms with Gasteiger partial charge in [-0.15, -0.1) is 0 Å². The number of carbonyl (C=O) groups excluding carboxylic acids is 2. The van der Waals surface area contributed by atoms with Crippen LogP contribution in [0.3, 0.4) is 0 Å². The number of hydrogen-bond acceptors (Lipinski definition) is 6. The van der Waals surface area contributed by atoms with Gasteiger partial charge in [0.25, 0.3) is 5.91 Å². The molecule has 2 aromatic carbocycles. The van der Waals surface area contributed by atoms with Crippen LogP contribution < -0.4 is 9.64 Å². The zero-order valence-electron chi connectivity index (χ0n) is 17.3. The van der Waals surface area contributed by atoms with Crippen molar-refractivity contribution in [2.45, 2.75) is 6.61 Å². The van der Waals surface area contributed by atoms with E-state index in [0.717, 1.165) is 11.3 Å². The number of pyridine rings is 1. The van der Waals surface area contributed by atoms with E-state index in [4.69, 9.17) is 14.7 Å². The van der Waals surface area contributed by atoms with E-state index in [1.54, 1.807) is 60.8 Å². The summed E-state index contributed by atoms with van der Waals surface area (Å²) < 4.78 is 10.7. The van der Waals surface area contributed by atoms with Crippen LogP contribution in [0, 0.1) is 11.3 Å². The van der Waals surface area contributed by atoms with Gasteiger partial charge in [0.05, 0.1) is 11.8 Å². The van der Waals surface area contributed by atoms with Crippen LogP contribution in [0.2, 0.25) is 0 Å². The van der Waals surface area contributed by atoms with E-state index in [1.165, 1.54) is 11.0 Å². The Kier molecular flexibility index (Phi) is 8.11. The molecule has 3 rings (SSSR count). The Labute approximate surface area is 186 Å². The maximum atomic E-state index is 12.4. The van der Waals surface area contributed by atoms with Gasteiger partial charge in [-0.1, -0.05) is 36.4 Å². The predicted molar refractivity (Wildman–Crippen MR) is 119 cm³/mol. The van der Waals surface area contributed by atoms with Crippen LogP contribution in [0.5, 0.6) is 5.75 Å². The van der Waals surface area contributed by atoms with Gasteiger partial charge in [-0.25, -0.2) is 4.79 Å². The molecule has 0 aliphatic rings. The third-order valence-electron chi connectivity index (χ3n) is 4.34. The second-order valence-corrected chi connectivity index (χ2v) is 6.59. The number of hydrogen-bond donors (Lipinski definition) is 0. The average molecular weight is 427 g/mol. The summed E-state index contributed by atoms with van der Waals surface area (Å²) in [6, 6.07) is 23.5. The summed E-state index contributed by atoms with van der Waals surface area (Å²) in [7, 11) is 0. The smallest absolute Gasteiger partial charge is 0.331 e. The molecule has 0 saturated heterocycles. The molecule has 0 aliphatic carbocycles. The van der Waals surface area contributed by atoms with Crippen molar-refractivity contribution in [3.05, 3.63) is 96.3 Å². The van der Waals surface area contributed by atoms with Crippen molar-refractivity contribution < 1.29 is 19.1 Å². The van der Waals surface area contributed by atoms with E-state index >= 15 is 0 Å². The summed E-state index contributed by atoms with van der Waals surface area (Å²) in [6.07, 6.45) is 4.54. The maximum Gasteiger partial charge on any atom is 0.331 e. The minimum Gasteiger partial charge on any atom is -0.487 e.